The highest BCUT2D eigenvalue weighted by Crippen LogP contribution is 2.29. The Morgan fingerprint density at radius 2 is 1.94 bits per heavy atom. The minimum Gasteiger partial charge on any atom is -0.495 e. The van der Waals surface area contributed by atoms with Gasteiger partial charge in [-0.25, -0.2) is 9.97 Å². The second-order valence-electron chi connectivity index (χ2n) is 3.08. The third-order valence-electron chi connectivity index (χ3n) is 2.08. The second-order valence-corrected chi connectivity index (χ2v) is 3.87. The molecule has 1 aromatic heterocycles. The Labute approximate surface area is 103 Å². The minimum absolute atomic E-state index is 0.402. The standard InChI is InChI=1S/C11H8Cl2N2O/c1-16-10-4-7(2-3-8(10)12)9-5-11(13)15-6-14-9/h2-6H,1H3. The Bertz CT molecular complexity index is 517. The molecule has 5 heteroatoms. The van der Waals surface area contributed by atoms with Crippen molar-refractivity contribution in [1.29, 1.82) is 0 Å². The van der Waals surface area contributed by atoms with Gasteiger partial charge >= 0.3 is 0 Å². The molecule has 16 heavy (non-hydrogen) atoms. The first-order valence-electron chi connectivity index (χ1n) is 4.52. The van der Waals surface area contributed by atoms with Gasteiger partial charge in [-0.3, -0.25) is 0 Å². The molecular weight excluding hydrogens is 247 g/mol. The number of rotatable bonds is 2. The average molecular weight is 255 g/mol. The Kier molecular flexibility index (Phi) is 3.27. The molecule has 0 aliphatic heterocycles. The second kappa shape index (κ2) is 4.68. The van der Waals surface area contributed by atoms with E-state index in [2.05, 4.69) is 9.97 Å². The molecule has 2 rings (SSSR count). The van der Waals surface area contributed by atoms with Crippen LogP contribution in [0.5, 0.6) is 5.75 Å². The van der Waals surface area contributed by atoms with Crippen molar-refractivity contribution in [2.45, 2.75) is 0 Å². The van der Waals surface area contributed by atoms with Gasteiger partial charge in [0.2, 0.25) is 0 Å². The van der Waals surface area contributed by atoms with Crippen molar-refractivity contribution >= 4 is 23.2 Å². The molecule has 0 aliphatic rings. The molecule has 1 heterocycles. The van der Waals surface area contributed by atoms with Crippen LogP contribution in [0.1, 0.15) is 0 Å². The Morgan fingerprint density at radius 3 is 2.62 bits per heavy atom. The van der Waals surface area contributed by atoms with Crippen LogP contribution in [0.4, 0.5) is 0 Å². The molecule has 0 saturated heterocycles. The molecule has 82 valence electrons. The van der Waals surface area contributed by atoms with Crippen molar-refractivity contribution in [3.8, 4) is 17.0 Å². The Morgan fingerprint density at radius 1 is 1.12 bits per heavy atom. The van der Waals surface area contributed by atoms with Crippen molar-refractivity contribution in [3.63, 3.8) is 0 Å². The third-order valence-corrected chi connectivity index (χ3v) is 2.60. The van der Waals surface area contributed by atoms with Crippen LogP contribution in [0.15, 0.2) is 30.6 Å². The fourth-order valence-corrected chi connectivity index (χ4v) is 1.65. The minimum atomic E-state index is 0.402. The zero-order valence-electron chi connectivity index (χ0n) is 8.45. The zero-order chi connectivity index (χ0) is 11.5. The molecule has 2 aromatic rings. The average Bonchev–Trinajstić information content (AvgIpc) is 2.29. The van der Waals surface area contributed by atoms with Gasteiger partial charge in [-0.05, 0) is 12.1 Å². The molecule has 1 aromatic carbocycles. The summed E-state index contributed by atoms with van der Waals surface area (Å²) in [6.45, 7) is 0. The molecule has 0 atom stereocenters. The summed E-state index contributed by atoms with van der Waals surface area (Å²) >= 11 is 11.7. The van der Waals surface area contributed by atoms with Crippen molar-refractivity contribution in [1.82, 2.24) is 9.97 Å². The van der Waals surface area contributed by atoms with Crippen LogP contribution in [-0.4, -0.2) is 17.1 Å². The van der Waals surface area contributed by atoms with E-state index in [9.17, 15) is 0 Å². The molecule has 0 aliphatic carbocycles. The molecular formula is C11H8Cl2N2O. The van der Waals surface area contributed by atoms with Gasteiger partial charge in [0.15, 0.2) is 0 Å². The van der Waals surface area contributed by atoms with Crippen molar-refractivity contribution in [2.75, 3.05) is 7.11 Å². The summed E-state index contributed by atoms with van der Waals surface area (Å²) < 4.78 is 5.13. The Balaban J connectivity index is 2.48. The van der Waals surface area contributed by atoms with Gasteiger partial charge in [-0.2, -0.15) is 0 Å². The number of hydrogen-bond acceptors (Lipinski definition) is 3. The molecule has 0 unspecified atom stereocenters. The normalized spacial score (nSPS) is 10.2. The van der Waals surface area contributed by atoms with E-state index in [1.54, 1.807) is 25.3 Å². The van der Waals surface area contributed by atoms with E-state index in [0.717, 1.165) is 11.3 Å². The van der Waals surface area contributed by atoms with Gasteiger partial charge in [0, 0.05) is 11.6 Å². The van der Waals surface area contributed by atoms with E-state index in [0.29, 0.717) is 15.9 Å². The maximum Gasteiger partial charge on any atom is 0.138 e. The van der Waals surface area contributed by atoms with Gasteiger partial charge in [-0.15, -0.1) is 0 Å². The van der Waals surface area contributed by atoms with Crippen LogP contribution in [0.3, 0.4) is 0 Å². The monoisotopic (exact) mass is 254 g/mol. The quantitative estimate of drug-likeness (QED) is 0.771. The molecule has 0 saturated carbocycles. The number of methoxy groups -OCH3 is 1. The molecule has 0 spiro atoms. The third kappa shape index (κ3) is 2.26. The van der Waals surface area contributed by atoms with E-state index in [1.807, 2.05) is 6.07 Å². The summed E-state index contributed by atoms with van der Waals surface area (Å²) in [5, 5.41) is 0.963. The zero-order valence-corrected chi connectivity index (χ0v) is 9.96. The molecule has 0 N–H and O–H groups in total. The SMILES string of the molecule is COc1cc(-c2cc(Cl)ncn2)ccc1Cl. The lowest BCUT2D eigenvalue weighted by molar-refractivity contribution is 0.415. The number of ether oxygens (including phenoxy) is 1. The summed E-state index contributed by atoms with van der Waals surface area (Å²) in [6.07, 6.45) is 1.42. The van der Waals surface area contributed by atoms with Gasteiger partial charge in [0.05, 0.1) is 17.8 Å². The maximum atomic E-state index is 5.93. The number of nitrogens with zero attached hydrogens (tertiary/aromatic N) is 2. The van der Waals surface area contributed by atoms with E-state index in [-0.39, 0.29) is 0 Å². The first-order chi connectivity index (χ1) is 7.70. The highest BCUT2D eigenvalue weighted by Gasteiger charge is 2.05. The summed E-state index contributed by atoms with van der Waals surface area (Å²) in [7, 11) is 1.57. The van der Waals surface area contributed by atoms with Crippen LogP contribution < -0.4 is 4.74 Å². The highest BCUT2D eigenvalue weighted by molar-refractivity contribution is 6.32. The fraction of sp³-hybridized carbons (Fsp3) is 0.0909. The summed E-state index contributed by atoms with van der Waals surface area (Å²) in [5.41, 5.74) is 1.61. The number of halogens is 2. The topological polar surface area (TPSA) is 35.0 Å². The van der Waals surface area contributed by atoms with Crippen LogP contribution in [-0.2, 0) is 0 Å². The lowest BCUT2D eigenvalue weighted by Gasteiger charge is -2.05. The molecule has 0 fully saturated rings. The van der Waals surface area contributed by atoms with Gasteiger partial charge < -0.3 is 4.74 Å². The van der Waals surface area contributed by atoms with Crippen LogP contribution in [0, 0.1) is 0 Å². The van der Waals surface area contributed by atoms with Gasteiger partial charge in [0.25, 0.3) is 0 Å². The van der Waals surface area contributed by atoms with Crippen molar-refractivity contribution in [2.24, 2.45) is 0 Å². The van der Waals surface area contributed by atoms with Crippen LogP contribution in [0.25, 0.3) is 11.3 Å². The number of aromatic nitrogens is 2. The predicted octanol–water partition coefficient (Wildman–Crippen LogP) is 3.46. The Hall–Kier alpha value is -1.32. The molecule has 0 radical (unpaired) electrons. The lowest BCUT2D eigenvalue weighted by atomic mass is 10.1. The first kappa shape index (κ1) is 11.2. The van der Waals surface area contributed by atoms with E-state index in [4.69, 9.17) is 27.9 Å². The van der Waals surface area contributed by atoms with Crippen LogP contribution in [0.2, 0.25) is 10.2 Å². The summed E-state index contributed by atoms with van der Waals surface area (Å²) in [4.78, 5) is 7.94. The largest absolute Gasteiger partial charge is 0.495 e. The summed E-state index contributed by atoms with van der Waals surface area (Å²) in [5.74, 6) is 0.605. The van der Waals surface area contributed by atoms with E-state index in [1.165, 1.54) is 6.33 Å². The van der Waals surface area contributed by atoms with Gasteiger partial charge in [-0.1, -0.05) is 29.3 Å². The van der Waals surface area contributed by atoms with E-state index < -0.39 is 0 Å². The van der Waals surface area contributed by atoms with Crippen LogP contribution >= 0.6 is 23.2 Å². The summed E-state index contributed by atoms with van der Waals surface area (Å²) in [6, 6.07) is 7.10. The highest BCUT2D eigenvalue weighted by atomic mass is 35.5. The van der Waals surface area contributed by atoms with Crippen molar-refractivity contribution < 1.29 is 4.74 Å². The molecule has 0 amide bonds. The fourth-order valence-electron chi connectivity index (χ4n) is 1.31. The maximum absolute atomic E-state index is 5.93. The number of benzene rings is 1. The van der Waals surface area contributed by atoms with Crippen molar-refractivity contribution in [3.05, 3.63) is 40.8 Å². The predicted molar refractivity (Wildman–Crippen MR) is 64.0 cm³/mol. The molecule has 3 nitrogen and oxygen atoms in total. The smallest absolute Gasteiger partial charge is 0.138 e. The molecule has 0 bridgehead atoms. The first-order valence-corrected chi connectivity index (χ1v) is 5.28. The van der Waals surface area contributed by atoms with Gasteiger partial charge in [0.1, 0.15) is 17.2 Å². The lowest BCUT2D eigenvalue weighted by Crippen LogP contribution is -1.88. The number of hydrogen-bond donors (Lipinski definition) is 0. The van der Waals surface area contributed by atoms with E-state index >= 15 is 0 Å².